The van der Waals surface area contributed by atoms with E-state index in [1.807, 2.05) is 24.3 Å². The first-order valence-electron chi connectivity index (χ1n) is 18.5. The van der Waals surface area contributed by atoms with Gasteiger partial charge in [0, 0.05) is 22.8 Å². The first-order valence-corrected chi connectivity index (χ1v) is 18.5. The van der Waals surface area contributed by atoms with Gasteiger partial charge in [-0.1, -0.05) is 140 Å². The molecule has 0 aliphatic rings. The van der Waals surface area contributed by atoms with Gasteiger partial charge in [-0.25, -0.2) is 0 Å². The van der Waals surface area contributed by atoms with Crippen LogP contribution in [-0.4, -0.2) is 18.8 Å². The van der Waals surface area contributed by atoms with Crippen molar-refractivity contribution in [1.82, 2.24) is 4.57 Å². The summed E-state index contributed by atoms with van der Waals surface area (Å²) < 4.78 is 13.3. The van der Waals surface area contributed by atoms with Crippen LogP contribution < -0.4 is 9.47 Å². The normalized spacial score (nSPS) is 11.1. The van der Waals surface area contributed by atoms with Crippen LogP contribution in [0.4, 0.5) is 0 Å². The topological polar surface area (TPSA) is 23.4 Å². The minimum atomic E-state index is 0.833. The van der Waals surface area contributed by atoms with E-state index in [-0.39, 0.29) is 0 Å². The predicted octanol–water partition coefficient (Wildman–Crippen LogP) is 13.6. The van der Waals surface area contributed by atoms with Crippen molar-refractivity contribution >= 4 is 10.9 Å². The van der Waals surface area contributed by atoms with Crippen LogP contribution in [0.5, 0.6) is 11.5 Å². The van der Waals surface area contributed by atoms with Crippen LogP contribution in [0.2, 0.25) is 0 Å². The van der Waals surface area contributed by atoms with Gasteiger partial charge in [0.1, 0.15) is 11.5 Å². The van der Waals surface area contributed by atoms with Crippen LogP contribution in [0.25, 0.3) is 83.4 Å². The fraction of sp³-hybridized carbons (Fsp3) is 0.0385. The SMILES string of the molecule is COc1ccc(-c2cc(-c3ccc(OC)cc3)cc(-n3cc(-c4ccc(-c5ccccc5)cc4)c4cc(-c5ccc(-c6ccccc6)cc5)ccc43)c2)cc1. The number of fused-ring (bicyclic) bond motifs is 1. The molecule has 0 spiro atoms. The Morgan fingerprint density at radius 3 is 1.18 bits per heavy atom. The van der Waals surface area contributed by atoms with E-state index in [0.717, 1.165) is 45.0 Å². The Bertz CT molecular complexity index is 2650. The second-order valence-electron chi connectivity index (χ2n) is 13.8. The molecule has 0 unspecified atom stereocenters. The summed E-state index contributed by atoms with van der Waals surface area (Å²) in [6.07, 6.45) is 2.30. The molecule has 1 heterocycles. The maximum atomic E-state index is 5.49. The first kappa shape index (κ1) is 33.7. The van der Waals surface area contributed by atoms with E-state index in [1.165, 1.54) is 49.9 Å². The van der Waals surface area contributed by atoms with Crippen LogP contribution in [0.1, 0.15) is 0 Å². The minimum Gasteiger partial charge on any atom is -0.497 e. The molecule has 264 valence electrons. The van der Waals surface area contributed by atoms with E-state index in [9.17, 15) is 0 Å². The molecule has 0 saturated carbocycles. The second kappa shape index (κ2) is 14.7. The first-order chi connectivity index (χ1) is 27.1. The van der Waals surface area contributed by atoms with E-state index in [2.05, 4.69) is 181 Å². The molecule has 0 atom stereocenters. The summed E-state index contributed by atoms with van der Waals surface area (Å²) in [6, 6.07) is 69.2. The predicted molar refractivity (Wildman–Crippen MR) is 229 cm³/mol. The van der Waals surface area contributed by atoms with Gasteiger partial charge in [-0.15, -0.1) is 0 Å². The van der Waals surface area contributed by atoms with Crippen LogP contribution in [0, 0.1) is 0 Å². The average Bonchev–Trinajstić information content (AvgIpc) is 3.66. The molecule has 0 bridgehead atoms. The van der Waals surface area contributed by atoms with Gasteiger partial charge in [0.25, 0.3) is 0 Å². The Morgan fingerprint density at radius 2 is 0.709 bits per heavy atom. The number of hydrogen-bond donors (Lipinski definition) is 0. The highest BCUT2D eigenvalue weighted by atomic mass is 16.5. The van der Waals surface area contributed by atoms with Gasteiger partial charge in [0.2, 0.25) is 0 Å². The lowest BCUT2D eigenvalue weighted by atomic mass is 9.97. The molecule has 0 amide bonds. The van der Waals surface area contributed by atoms with Gasteiger partial charge in [-0.3, -0.25) is 0 Å². The van der Waals surface area contributed by atoms with Crippen molar-refractivity contribution in [2.45, 2.75) is 0 Å². The Morgan fingerprint density at radius 1 is 0.327 bits per heavy atom. The van der Waals surface area contributed by atoms with Crippen molar-refractivity contribution in [1.29, 1.82) is 0 Å². The quantitative estimate of drug-likeness (QED) is 0.149. The molecule has 3 heteroatoms. The summed E-state index contributed by atoms with van der Waals surface area (Å²) in [5.74, 6) is 1.67. The Hall–Kier alpha value is -7.10. The molecular weight excluding hydrogens is 671 g/mol. The molecule has 0 saturated heterocycles. The van der Waals surface area contributed by atoms with Gasteiger partial charge in [0.15, 0.2) is 0 Å². The minimum absolute atomic E-state index is 0.833. The van der Waals surface area contributed by atoms with Gasteiger partial charge < -0.3 is 14.0 Å². The van der Waals surface area contributed by atoms with Crippen molar-refractivity contribution in [2.24, 2.45) is 0 Å². The third kappa shape index (κ3) is 6.80. The zero-order chi connectivity index (χ0) is 37.1. The second-order valence-corrected chi connectivity index (χ2v) is 13.8. The third-order valence-corrected chi connectivity index (χ3v) is 10.5. The fourth-order valence-corrected chi connectivity index (χ4v) is 7.46. The molecular formula is C52H39NO2. The Balaban J connectivity index is 1.21. The van der Waals surface area contributed by atoms with Crippen molar-refractivity contribution in [2.75, 3.05) is 14.2 Å². The van der Waals surface area contributed by atoms with E-state index in [1.54, 1.807) is 14.2 Å². The smallest absolute Gasteiger partial charge is 0.118 e. The van der Waals surface area contributed by atoms with Crippen molar-refractivity contribution in [3.8, 4) is 83.9 Å². The molecule has 55 heavy (non-hydrogen) atoms. The Labute approximate surface area is 322 Å². The lowest BCUT2D eigenvalue weighted by Crippen LogP contribution is -1.95. The lowest BCUT2D eigenvalue weighted by Gasteiger charge is -2.14. The van der Waals surface area contributed by atoms with Gasteiger partial charge in [0.05, 0.1) is 19.7 Å². The summed E-state index contributed by atoms with van der Waals surface area (Å²) in [6.45, 7) is 0. The van der Waals surface area contributed by atoms with Gasteiger partial charge in [-0.2, -0.15) is 0 Å². The zero-order valence-electron chi connectivity index (χ0n) is 30.8. The van der Waals surface area contributed by atoms with E-state index in [0.29, 0.717) is 0 Å². The number of nitrogens with zero attached hydrogens (tertiary/aromatic N) is 1. The molecule has 0 fully saturated rings. The highest BCUT2D eigenvalue weighted by Crippen LogP contribution is 2.39. The number of hydrogen-bond acceptors (Lipinski definition) is 2. The van der Waals surface area contributed by atoms with E-state index >= 15 is 0 Å². The standard InChI is InChI=1S/C52H39NO2/c1-54-48-26-21-41(22-27-48)45-31-46(42-23-28-49(55-2)29-24-42)33-47(32-45)53-35-51(43-19-17-39(18-20-43)37-11-7-4-8-12-37)50-34-44(25-30-52(50)53)40-15-13-38(14-16-40)36-9-5-3-6-10-36/h3-35H,1-2H3. The van der Waals surface area contributed by atoms with E-state index in [4.69, 9.17) is 9.47 Å². The fourth-order valence-electron chi connectivity index (χ4n) is 7.46. The molecule has 3 nitrogen and oxygen atoms in total. The summed E-state index contributed by atoms with van der Waals surface area (Å²) in [7, 11) is 3.40. The maximum absolute atomic E-state index is 5.49. The number of ether oxygens (including phenoxy) is 2. The molecule has 1 aromatic heterocycles. The van der Waals surface area contributed by atoms with Crippen molar-refractivity contribution in [3.05, 3.63) is 200 Å². The van der Waals surface area contributed by atoms with Gasteiger partial charge in [-0.05, 0) is 116 Å². The van der Waals surface area contributed by atoms with Crippen LogP contribution in [-0.2, 0) is 0 Å². The molecule has 0 N–H and O–H groups in total. The third-order valence-electron chi connectivity index (χ3n) is 10.5. The molecule has 9 rings (SSSR count). The Kier molecular flexibility index (Phi) is 9.03. The highest BCUT2D eigenvalue weighted by Gasteiger charge is 2.16. The van der Waals surface area contributed by atoms with E-state index < -0.39 is 0 Å². The lowest BCUT2D eigenvalue weighted by molar-refractivity contribution is 0.415. The summed E-state index contributed by atoms with van der Waals surface area (Å²) in [5.41, 5.74) is 16.2. The molecule has 0 aliphatic heterocycles. The number of methoxy groups -OCH3 is 2. The molecule has 0 radical (unpaired) electrons. The zero-order valence-corrected chi connectivity index (χ0v) is 30.8. The number of benzene rings is 8. The molecule has 8 aromatic carbocycles. The number of aromatic nitrogens is 1. The summed E-state index contributed by atoms with van der Waals surface area (Å²) >= 11 is 0. The van der Waals surface area contributed by atoms with Crippen molar-refractivity contribution < 1.29 is 9.47 Å². The number of rotatable bonds is 9. The highest BCUT2D eigenvalue weighted by molar-refractivity contribution is 6.00. The maximum Gasteiger partial charge on any atom is 0.118 e. The van der Waals surface area contributed by atoms with Crippen molar-refractivity contribution in [3.63, 3.8) is 0 Å². The van der Waals surface area contributed by atoms with Gasteiger partial charge >= 0.3 is 0 Å². The average molecular weight is 710 g/mol. The van der Waals surface area contributed by atoms with Crippen LogP contribution in [0.15, 0.2) is 200 Å². The van der Waals surface area contributed by atoms with Crippen LogP contribution >= 0.6 is 0 Å². The monoisotopic (exact) mass is 709 g/mol. The van der Waals surface area contributed by atoms with Crippen LogP contribution in [0.3, 0.4) is 0 Å². The largest absolute Gasteiger partial charge is 0.497 e. The summed E-state index contributed by atoms with van der Waals surface area (Å²) in [5, 5.41) is 1.19. The molecule has 0 aliphatic carbocycles. The summed E-state index contributed by atoms with van der Waals surface area (Å²) in [4.78, 5) is 0. The molecule has 9 aromatic rings.